The van der Waals surface area contributed by atoms with E-state index in [0.717, 1.165) is 0 Å². The Labute approximate surface area is 77.0 Å². The largest absolute Gasteiger partial charge is 0.271 e. The Hall–Kier alpha value is -0.790. The van der Waals surface area contributed by atoms with E-state index in [1.165, 1.54) is 0 Å². The fourth-order valence-electron chi connectivity index (χ4n) is 0.630. The van der Waals surface area contributed by atoms with Crippen LogP contribution in [-0.4, -0.2) is 17.3 Å². The SMILES string of the molecule is C/C=C\N(/N=C\C)C(C)C.CC. The molecule has 0 radical (unpaired) electrons. The van der Waals surface area contributed by atoms with Crippen molar-refractivity contribution in [2.24, 2.45) is 5.10 Å². The number of rotatable bonds is 3. The van der Waals surface area contributed by atoms with Crippen molar-refractivity contribution >= 4 is 6.21 Å². The summed E-state index contributed by atoms with van der Waals surface area (Å²) < 4.78 is 0. The maximum Gasteiger partial charge on any atom is 0.0462 e. The van der Waals surface area contributed by atoms with Gasteiger partial charge in [-0.3, -0.25) is 5.01 Å². The summed E-state index contributed by atoms with van der Waals surface area (Å²) in [6.45, 7) is 12.1. The van der Waals surface area contributed by atoms with Gasteiger partial charge in [-0.2, -0.15) is 5.10 Å². The third-order valence-electron chi connectivity index (χ3n) is 1.08. The van der Waals surface area contributed by atoms with Crippen LogP contribution in [0.25, 0.3) is 0 Å². The van der Waals surface area contributed by atoms with Crippen molar-refractivity contribution in [3.05, 3.63) is 12.3 Å². The Bertz CT molecular complexity index is 114. The summed E-state index contributed by atoms with van der Waals surface area (Å²) in [6.07, 6.45) is 5.73. The molecule has 0 aliphatic heterocycles. The second-order valence-electron chi connectivity index (χ2n) is 2.33. The highest BCUT2D eigenvalue weighted by Crippen LogP contribution is 1.98. The maximum atomic E-state index is 4.13. The lowest BCUT2D eigenvalue weighted by molar-refractivity contribution is 0.329. The quantitative estimate of drug-likeness (QED) is 0.469. The van der Waals surface area contributed by atoms with Gasteiger partial charge in [0.2, 0.25) is 0 Å². The van der Waals surface area contributed by atoms with Gasteiger partial charge in [-0.1, -0.05) is 19.9 Å². The number of hydrazone groups is 1. The Morgan fingerprint density at radius 3 is 1.92 bits per heavy atom. The minimum atomic E-state index is 0.437. The van der Waals surface area contributed by atoms with Gasteiger partial charge < -0.3 is 0 Å². The predicted octanol–water partition coefficient (Wildman–Crippen LogP) is 3.26. The van der Waals surface area contributed by atoms with Gasteiger partial charge in [-0.15, -0.1) is 0 Å². The first kappa shape index (κ1) is 13.8. The average molecular weight is 170 g/mol. The second-order valence-corrected chi connectivity index (χ2v) is 2.33. The molecular formula is C10H22N2. The highest BCUT2D eigenvalue weighted by atomic mass is 15.4. The molecule has 0 saturated heterocycles. The Morgan fingerprint density at radius 1 is 1.17 bits per heavy atom. The Kier molecular flexibility index (Phi) is 11.7. The first-order valence-corrected chi connectivity index (χ1v) is 4.62. The van der Waals surface area contributed by atoms with Crippen molar-refractivity contribution < 1.29 is 0 Å². The van der Waals surface area contributed by atoms with Crippen LogP contribution in [0.2, 0.25) is 0 Å². The molecule has 0 aliphatic carbocycles. The minimum absolute atomic E-state index is 0.437. The summed E-state index contributed by atoms with van der Waals surface area (Å²) in [4.78, 5) is 0. The zero-order valence-corrected chi connectivity index (χ0v) is 9.20. The van der Waals surface area contributed by atoms with E-state index in [1.807, 2.05) is 45.0 Å². The van der Waals surface area contributed by atoms with Gasteiger partial charge in [0.1, 0.15) is 0 Å². The molecule has 0 amide bonds. The lowest BCUT2D eigenvalue weighted by Gasteiger charge is -2.17. The standard InChI is InChI=1S/C8H16N2.C2H6/c1-5-7-10(8(3)4)9-6-2;1-2/h5-8H,1-4H3;1-2H3/b7-5-,9-6-;. The minimum Gasteiger partial charge on any atom is -0.271 e. The molecule has 0 spiro atoms. The van der Waals surface area contributed by atoms with E-state index in [9.17, 15) is 0 Å². The summed E-state index contributed by atoms with van der Waals surface area (Å²) in [7, 11) is 0. The molecule has 0 heterocycles. The first-order valence-electron chi connectivity index (χ1n) is 4.62. The molecule has 0 aromatic carbocycles. The maximum absolute atomic E-state index is 4.13. The summed E-state index contributed by atoms with van der Waals surface area (Å²) in [5.41, 5.74) is 0. The molecule has 12 heavy (non-hydrogen) atoms. The summed E-state index contributed by atoms with van der Waals surface area (Å²) in [6, 6.07) is 0.437. The van der Waals surface area contributed by atoms with Gasteiger partial charge in [0.05, 0.1) is 0 Å². The molecule has 0 saturated carbocycles. The zero-order chi connectivity index (χ0) is 9.98. The zero-order valence-electron chi connectivity index (χ0n) is 9.20. The van der Waals surface area contributed by atoms with Gasteiger partial charge in [-0.05, 0) is 27.7 Å². The monoisotopic (exact) mass is 170 g/mol. The third kappa shape index (κ3) is 7.32. The van der Waals surface area contributed by atoms with Crippen LogP contribution in [-0.2, 0) is 0 Å². The van der Waals surface area contributed by atoms with Crippen LogP contribution in [0.1, 0.15) is 41.5 Å². The second kappa shape index (κ2) is 10.2. The van der Waals surface area contributed by atoms with E-state index in [2.05, 4.69) is 18.9 Å². The number of hydrogen-bond donors (Lipinski definition) is 0. The molecule has 0 fully saturated rings. The van der Waals surface area contributed by atoms with Gasteiger partial charge in [-0.25, -0.2) is 0 Å². The van der Waals surface area contributed by atoms with Crippen LogP contribution in [0.4, 0.5) is 0 Å². The fraction of sp³-hybridized carbons (Fsp3) is 0.700. The van der Waals surface area contributed by atoms with Gasteiger partial charge in [0.25, 0.3) is 0 Å². The van der Waals surface area contributed by atoms with Crippen LogP contribution >= 0.6 is 0 Å². The number of nitrogens with zero attached hydrogens (tertiary/aromatic N) is 2. The van der Waals surface area contributed by atoms with Crippen LogP contribution in [0, 0.1) is 0 Å². The number of allylic oxidation sites excluding steroid dienone is 1. The molecule has 0 bridgehead atoms. The first-order chi connectivity index (χ1) is 5.72. The highest BCUT2D eigenvalue weighted by Gasteiger charge is 1.97. The van der Waals surface area contributed by atoms with Gasteiger partial charge in [0, 0.05) is 18.5 Å². The molecule has 0 unspecified atom stereocenters. The van der Waals surface area contributed by atoms with E-state index >= 15 is 0 Å². The van der Waals surface area contributed by atoms with Gasteiger partial charge >= 0.3 is 0 Å². The van der Waals surface area contributed by atoms with Crippen LogP contribution in [0.5, 0.6) is 0 Å². The lowest BCUT2D eigenvalue weighted by atomic mass is 10.4. The van der Waals surface area contributed by atoms with Crippen LogP contribution in [0.15, 0.2) is 17.4 Å². The van der Waals surface area contributed by atoms with E-state index in [1.54, 1.807) is 6.21 Å². The lowest BCUT2D eigenvalue weighted by Crippen LogP contribution is -2.18. The highest BCUT2D eigenvalue weighted by molar-refractivity contribution is 5.52. The third-order valence-corrected chi connectivity index (χ3v) is 1.08. The van der Waals surface area contributed by atoms with E-state index in [-0.39, 0.29) is 0 Å². The van der Waals surface area contributed by atoms with Crippen molar-refractivity contribution in [2.45, 2.75) is 47.6 Å². The number of hydrogen-bond acceptors (Lipinski definition) is 2. The summed E-state index contributed by atoms with van der Waals surface area (Å²) in [5, 5.41) is 6.05. The predicted molar refractivity (Wildman–Crippen MR) is 57.3 cm³/mol. The molecule has 2 heteroatoms. The Balaban J connectivity index is 0. The molecule has 0 aromatic heterocycles. The molecule has 0 aromatic rings. The molecular weight excluding hydrogens is 148 g/mol. The Morgan fingerprint density at radius 2 is 1.67 bits per heavy atom. The molecule has 2 nitrogen and oxygen atoms in total. The molecule has 0 N–H and O–H groups in total. The average Bonchev–Trinajstić information content (AvgIpc) is 2.08. The van der Waals surface area contributed by atoms with Crippen LogP contribution < -0.4 is 0 Å². The van der Waals surface area contributed by atoms with Crippen molar-refractivity contribution in [2.75, 3.05) is 0 Å². The van der Waals surface area contributed by atoms with Crippen LogP contribution in [0.3, 0.4) is 0 Å². The van der Waals surface area contributed by atoms with Crippen molar-refractivity contribution in [1.29, 1.82) is 0 Å². The molecule has 0 rings (SSSR count). The van der Waals surface area contributed by atoms with E-state index in [4.69, 9.17) is 0 Å². The summed E-state index contributed by atoms with van der Waals surface area (Å²) in [5.74, 6) is 0. The molecule has 0 aliphatic rings. The van der Waals surface area contributed by atoms with Crippen molar-refractivity contribution in [1.82, 2.24) is 5.01 Å². The molecule has 72 valence electrons. The normalized spacial score (nSPS) is 10.6. The van der Waals surface area contributed by atoms with E-state index in [0.29, 0.717) is 6.04 Å². The smallest absolute Gasteiger partial charge is 0.0462 e. The van der Waals surface area contributed by atoms with E-state index < -0.39 is 0 Å². The topological polar surface area (TPSA) is 15.6 Å². The van der Waals surface area contributed by atoms with Crippen molar-refractivity contribution in [3.8, 4) is 0 Å². The van der Waals surface area contributed by atoms with Gasteiger partial charge in [0.15, 0.2) is 0 Å². The fourth-order valence-corrected chi connectivity index (χ4v) is 0.630. The molecule has 0 atom stereocenters. The summed E-state index contributed by atoms with van der Waals surface area (Å²) >= 11 is 0. The van der Waals surface area contributed by atoms with Crippen molar-refractivity contribution in [3.63, 3.8) is 0 Å².